The highest BCUT2D eigenvalue weighted by atomic mass is 32.2. The van der Waals surface area contributed by atoms with Crippen molar-refractivity contribution in [1.29, 1.82) is 0 Å². The highest BCUT2D eigenvalue weighted by Gasteiger charge is 2.27. The minimum atomic E-state index is -4.03. The molecule has 0 amide bonds. The maximum atomic E-state index is 13.0. The van der Waals surface area contributed by atoms with Gasteiger partial charge in [-0.05, 0) is 24.3 Å². The molecule has 0 bridgehead atoms. The molecule has 3 rings (SSSR count). The summed E-state index contributed by atoms with van der Waals surface area (Å²) >= 11 is 0. The van der Waals surface area contributed by atoms with Crippen LogP contribution in [-0.2, 0) is 21.1 Å². The second kappa shape index (κ2) is 6.40. The molecule has 0 radical (unpaired) electrons. The molecular weight excluding hydrogens is 353 g/mol. The zero-order chi connectivity index (χ0) is 18.0. The number of aromatic nitrogens is 3. The van der Waals surface area contributed by atoms with Crippen LogP contribution in [0.15, 0.2) is 57.3 Å². The number of Topliss-reactive ketones (excluding diaryl/α,β-unsaturated/α-hetero) is 2. The Bertz CT molecular complexity index is 1020. The van der Waals surface area contributed by atoms with Crippen molar-refractivity contribution in [1.82, 2.24) is 15.2 Å². The third-order valence-electron chi connectivity index (χ3n) is 3.35. The van der Waals surface area contributed by atoms with E-state index in [1.165, 1.54) is 0 Å². The normalized spacial score (nSPS) is 11.4. The Morgan fingerprint density at radius 1 is 1.16 bits per heavy atom. The molecule has 0 aliphatic rings. The van der Waals surface area contributed by atoms with E-state index in [0.29, 0.717) is 0 Å². The molecule has 0 unspecified atom stereocenters. The lowest BCUT2D eigenvalue weighted by molar-refractivity contribution is -0.114. The van der Waals surface area contributed by atoms with Crippen molar-refractivity contribution in [2.75, 3.05) is 0 Å². The number of halogens is 1. The van der Waals surface area contributed by atoms with Gasteiger partial charge in [0.05, 0.1) is 11.2 Å². The molecule has 0 aliphatic carbocycles. The van der Waals surface area contributed by atoms with Gasteiger partial charge in [-0.3, -0.25) is 14.7 Å². The second-order valence-electron chi connectivity index (χ2n) is 4.98. The Balaban J connectivity index is 1.89. The Hall–Kier alpha value is -3.14. The Morgan fingerprint density at radius 2 is 1.88 bits per heavy atom. The van der Waals surface area contributed by atoms with E-state index in [-0.39, 0.29) is 21.2 Å². The number of aromatic amines is 1. The van der Waals surface area contributed by atoms with Gasteiger partial charge in [0.15, 0.2) is 5.82 Å². The fourth-order valence-corrected chi connectivity index (χ4v) is 3.51. The van der Waals surface area contributed by atoms with Crippen molar-refractivity contribution in [3.05, 3.63) is 60.3 Å². The predicted molar refractivity (Wildman–Crippen MR) is 80.0 cm³/mol. The lowest BCUT2D eigenvalue weighted by Gasteiger charge is -2.04. The number of furan rings is 1. The largest absolute Gasteiger partial charge is 0.471 e. The average molecular weight is 363 g/mol. The Labute approximate surface area is 140 Å². The van der Waals surface area contributed by atoms with Gasteiger partial charge in [0, 0.05) is 12.0 Å². The number of hydrogen-bond donors (Lipinski definition) is 1. The summed E-state index contributed by atoms with van der Waals surface area (Å²) in [6, 6.07) is 4.21. The van der Waals surface area contributed by atoms with Crippen LogP contribution in [-0.4, -0.2) is 35.2 Å². The van der Waals surface area contributed by atoms with Crippen molar-refractivity contribution < 1.29 is 26.8 Å². The number of H-pyrrole nitrogens is 1. The summed E-state index contributed by atoms with van der Waals surface area (Å²) in [5.41, 5.74) is 0.0159. The van der Waals surface area contributed by atoms with E-state index < -0.39 is 33.6 Å². The summed E-state index contributed by atoms with van der Waals surface area (Å²) in [5.74, 6) is -2.63. The third kappa shape index (κ3) is 3.24. The summed E-state index contributed by atoms with van der Waals surface area (Å²) < 4.78 is 43.1. The van der Waals surface area contributed by atoms with Crippen molar-refractivity contribution in [2.45, 2.75) is 16.2 Å². The Morgan fingerprint density at radius 3 is 2.52 bits per heavy atom. The number of nitrogens with one attached hydrogen (secondary N) is 1. The second-order valence-corrected chi connectivity index (χ2v) is 6.90. The molecule has 0 saturated carbocycles. The van der Waals surface area contributed by atoms with Crippen LogP contribution in [0.3, 0.4) is 0 Å². The van der Waals surface area contributed by atoms with Gasteiger partial charge >= 0.3 is 0 Å². The quantitative estimate of drug-likeness (QED) is 0.398. The van der Waals surface area contributed by atoms with Crippen LogP contribution in [0.1, 0.15) is 16.2 Å². The molecule has 3 aromatic rings. The van der Waals surface area contributed by atoms with Gasteiger partial charge in [0.25, 0.3) is 5.78 Å². The first-order chi connectivity index (χ1) is 11.9. The van der Waals surface area contributed by atoms with Gasteiger partial charge < -0.3 is 4.42 Å². The van der Waals surface area contributed by atoms with Crippen molar-refractivity contribution in [2.24, 2.45) is 0 Å². The summed E-state index contributed by atoms with van der Waals surface area (Å²) in [7, 11) is -4.03. The molecule has 0 fully saturated rings. The van der Waals surface area contributed by atoms with Crippen LogP contribution >= 0.6 is 0 Å². The fraction of sp³-hybridized carbons (Fsp3) is 0.0667. The van der Waals surface area contributed by atoms with E-state index >= 15 is 0 Å². The monoisotopic (exact) mass is 363 g/mol. The molecule has 1 aromatic carbocycles. The van der Waals surface area contributed by atoms with Crippen LogP contribution < -0.4 is 0 Å². The molecule has 8 nitrogen and oxygen atoms in total. The van der Waals surface area contributed by atoms with E-state index in [9.17, 15) is 22.4 Å². The smallest absolute Gasteiger partial charge is 0.265 e. The number of carbonyl (C=O) groups excluding carboxylic acids is 2. The van der Waals surface area contributed by atoms with E-state index in [1.807, 2.05) is 0 Å². The molecule has 10 heteroatoms. The van der Waals surface area contributed by atoms with Gasteiger partial charge in [-0.25, -0.2) is 17.8 Å². The zero-order valence-electron chi connectivity index (χ0n) is 12.5. The minimum absolute atomic E-state index is 0.0159. The van der Waals surface area contributed by atoms with Gasteiger partial charge in [-0.1, -0.05) is 0 Å². The molecule has 1 N–H and O–H groups in total. The van der Waals surface area contributed by atoms with Crippen molar-refractivity contribution >= 4 is 21.4 Å². The lowest BCUT2D eigenvalue weighted by atomic mass is 10.1. The number of sulfone groups is 1. The first-order valence-electron chi connectivity index (χ1n) is 6.88. The molecule has 0 spiro atoms. The number of nitrogens with zero attached hydrogens (tertiary/aromatic N) is 2. The maximum absolute atomic E-state index is 13.0. The number of rotatable bonds is 6. The van der Waals surface area contributed by atoms with Crippen LogP contribution in [0.5, 0.6) is 0 Å². The van der Waals surface area contributed by atoms with Crippen LogP contribution in [0.25, 0.3) is 0 Å². The lowest BCUT2D eigenvalue weighted by Crippen LogP contribution is -2.19. The van der Waals surface area contributed by atoms with Gasteiger partial charge in [-0.15, -0.1) is 0 Å². The van der Waals surface area contributed by atoms with E-state index in [4.69, 9.17) is 4.42 Å². The standard InChI is InChI=1S/C15H10FN3O5S/c16-10-1-3-11(4-2-10)25(22,23)13-7-24-6-9(13)5-12(20)14(21)15-17-8-18-19-15/h1-4,6-8H,5H2,(H,17,18,19). The predicted octanol–water partition coefficient (Wildman–Crippen LogP) is 1.36. The van der Waals surface area contributed by atoms with Crippen LogP contribution in [0.2, 0.25) is 0 Å². The van der Waals surface area contributed by atoms with Crippen LogP contribution in [0.4, 0.5) is 4.39 Å². The minimum Gasteiger partial charge on any atom is -0.471 e. The number of benzene rings is 1. The summed E-state index contributed by atoms with van der Waals surface area (Å²) in [4.78, 5) is 27.1. The van der Waals surface area contributed by atoms with Gasteiger partial charge in [-0.2, -0.15) is 5.10 Å². The highest BCUT2D eigenvalue weighted by molar-refractivity contribution is 7.91. The topological polar surface area (TPSA) is 123 Å². The summed E-state index contributed by atoms with van der Waals surface area (Å²) in [6.07, 6.45) is 2.61. The molecular formula is C15H10FN3O5S. The summed E-state index contributed by atoms with van der Waals surface area (Å²) in [6.45, 7) is 0. The molecule has 128 valence electrons. The SMILES string of the molecule is O=C(Cc1cocc1S(=O)(=O)c1ccc(F)cc1)C(=O)c1ncn[nH]1. The van der Waals surface area contributed by atoms with E-state index in [1.54, 1.807) is 0 Å². The molecule has 2 heterocycles. The molecule has 0 aliphatic heterocycles. The first kappa shape index (κ1) is 16.7. The third-order valence-corrected chi connectivity index (χ3v) is 5.18. The molecule has 2 aromatic heterocycles. The molecule has 0 atom stereocenters. The molecule has 25 heavy (non-hydrogen) atoms. The van der Waals surface area contributed by atoms with Crippen LogP contribution in [0, 0.1) is 5.82 Å². The van der Waals surface area contributed by atoms with E-state index in [0.717, 1.165) is 43.1 Å². The summed E-state index contributed by atoms with van der Waals surface area (Å²) in [5, 5.41) is 5.74. The number of hydrogen-bond acceptors (Lipinski definition) is 7. The maximum Gasteiger partial charge on any atom is 0.265 e. The van der Waals surface area contributed by atoms with Gasteiger partial charge in [0.1, 0.15) is 23.3 Å². The van der Waals surface area contributed by atoms with Crippen molar-refractivity contribution in [3.63, 3.8) is 0 Å². The average Bonchev–Trinajstić information content (AvgIpc) is 3.26. The Kier molecular flexibility index (Phi) is 4.28. The number of ketones is 2. The molecule has 0 saturated heterocycles. The van der Waals surface area contributed by atoms with E-state index in [2.05, 4.69) is 15.2 Å². The fourth-order valence-electron chi connectivity index (χ4n) is 2.12. The van der Waals surface area contributed by atoms with Crippen molar-refractivity contribution in [3.8, 4) is 0 Å². The zero-order valence-corrected chi connectivity index (χ0v) is 13.3. The first-order valence-corrected chi connectivity index (χ1v) is 8.36. The highest BCUT2D eigenvalue weighted by Crippen LogP contribution is 2.26. The van der Waals surface area contributed by atoms with Gasteiger partial charge in [0.2, 0.25) is 15.6 Å². The number of carbonyl (C=O) groups is 2.